The smallest absolute Gasteiger partial charge is 0.326 e. The molecule has 8 heteroatoms. The highest BCUT2D eigenvalue weighted by Crippen LogP contribution is 2.40. The number of carbonyl (C=O) groups excluding carboxylic acids is 1. The summed E-state index contributed by atoms with van der Waals surface area (Å²) in [7, 11) is -3.37. The van der Waals surface area contributed by atoms with Gasteiger partial charge in [0.05, 0.1) is 5.75 Å². The lowest BCUT2D eigenvalue weighted by atomic mass is 9.80. The number of aliphatic carboxylic acids is 1. The van der Waals surface area contributed by atoms with E-state index in [1.165, 1.54) is 51.4 Å². The fourth-order valence-electron chi connectivity index (χ4n) is 6.45. The van der Waals surface area contributed by atoms with E-state index >= 15 is 0 Å². The van der Waals surface area contributed by atoms with Crippen molar-refractivity contribution < 1.29 is 23.1 Å². The van der Waals surface area contributed by atoms with Crippen LogP contribution in [0.4, 0.5) is 0 Å². The molecule has 41 heavy (non-hydrogen) atoms. The number of amides is 1. The summed E-state index contributed by atoms with van der Waals surface area (Å²) in [5.41, 5.74) is 4.26. The van der Waals surface area contributed by atoms with Crippen LogP contribution in [0.25, 0.3) is 11.1 Å². The maximum atomic E-state index is 13.5. The van der Waals surface area contributed by atoms with Gasteiger partial charge in [0, 0.05) is 29.9 Å². The van der Waals surface area contributed by atoms with Crippen molar-refractivity contribution in [3.63, 3.8) is 0 Å². The maximum absolute atomic E-state index is 13.5. The first-order valence-electron chi connectivity index (χ1n) is 15.0. The molecule has 2 fully saturated rings. The Kier molecular flexibility index (Phi) is 9.96. The highest BCUT2D eigenvalue weighted by molar-refractivity contribution is 7.90. The summed E-state index contributed by atoms with van der Waals surface area (Å²) >= 11 is 0. The van der Waals surface area contributed by atoms with Gasteiger partial charge in [0.2, 0.25) is 0 Å². The monoisotopic (exact) mass is 582 g/mol. The van der Waals surface area contributed by atoms with Crippen molar-refractivity contribution in [1.82, 2.24) is 10.2 Å². The standard InChI is InChI=1S/C33H46N2O5S/c1-23-10-8-9-13-27(23)29-20-25(14-17-28(29)31(36)34-30(32(37)38)18-19-41(4,39)40)22-35(26-15-16-26)33(2,3)21-24-11-6-5-7-12-24/h8-10,13-14,17,20,24,26,30H,5-7,11-12,15-16,18-19,21-22H2,1-4H3,(H,34,36)(H,37,38). The largest absolute Gasteiger partial charge is 0.480 e. The molecule has 0 aromatic heterocycles. The zero-order valence-corrected chi connectivity index (χ0v) is 25.8. The van der Waals surface area contributed by atoms with Crippen molar-refractivity contribution in [2.24, 2.45) is 5.92 Å². The van der Waals surface area contributed by atoms with E-state index in [1.807, 2.05) is 37.3 Å². The van der Waals surface area contributed by atoms with Gasteiger partial charge in [-0.1, -0.05) is 62.4 Å². The SMILES string of the molecule is Cc1ccccc1-c1cc(CN(C2CC2)C(C)(C)CC2CCCCC2)ccc1C(=O)NC(CCS(C)(=O)=O)C(=O)O. The summed E-state index contributed by atoms with van der Waals surface area (Å²) in [4.78, 5) is 28.0. The second kappa shape index (κ2) is 13.1. The molecule has 4 rings (SSSR count). The number of benzene rings is 2. The van der Waals surface area contributed by atoms with Gasteiger partial charge in [0.25, 0.3) is 5.91 Å². The maximum Gasteiger partial charge on any atom is 0.326 e. The number of hydrogen-bond donors (Lipinski definition) is 2. The summed E-state index contributed by atoms with van der Waals surface area (Å²) in [5, 5.41) is 12.3. The van der Waals surface area contributed by atoms with E-state index < -0.39 is 27.8 Å². The summed E-state index contributed by atoms with van der Waals surface area (Å²) in [5.74, 6) is -1.32. The molecule has 0 spiro atoms. The number of sulfone groups is 1. The van der Waals surface area contributed by atoms with Crippen molar-refractivity contribution in [2.45, 2.75) is 103 Å². The summed E-state index contributed by atoms with van der Waals surface area (Å²) < 4.78 is 23.3. The fraction of sp³-hybridized carbons (Fsp3) is 0.576. The lowest BCUT2D eigenvalue weighted by Gasteiger charge is -2.42. The summed E-state index contributed by atoms with van der Waals surface area (Å²) in [6.45, 7) is 7.55. The number of carboxylic acid groups (broad SMARTS) is 1. The van der Waals surface area contributed by atoms with Gasteiger partial charge in [-0.3, -0.25) is 9.69 Å². The van der Waals surface area contributed by atoms with Crippen molar-refractivity contribution in [3.05, 3.63) is 59.2 Å². The number of hydrogen-bond acceptors (Lipinski definition) is 5. The lowest BCUT2D eigenvalue weighted by molar-refractivity contribution is -0.139. The third-order valence-corrected chi connectivity index (χ3v) is 9.75. The molecule has 1 atom stereocenters. The van der Waals surface area contributed by atoms with E-state index in [-0.39, 0.29) is 17.7 Å². The number of nitrogens with zero attached hydrogens (tertiary/aromatic N) is 1. The Bertz CT molecular complexity index is 1340. The summed E-state index contributed by atoms with van der Waals surface area (Å²) in [6.07, 6.45) is 11.2. The van der Waals surface area contributed by atoms with Crippen molar-refractivity contribution in [3.8, 4) is 11.1 Å². The van der Waals surface area contributed by atoms with E-state index in [2.05, 4.69) is 30.1 Å². The number of carboxylic acids is 1. The van der Waals surface area contributed by atoms with Crippen LogP contribution in [0, 0.1) is 12.8 Å². The Balaban J connectivity index is 1.62. The Morgan fingerprint density at radius 3 is 2.32 bits per heavy atom. The number of aryl methyl sites for hydroxylation is 1. The minimum atomic E-state index is -3.37. The molecule has 2 aromatic carbocycles. The topological polar surface area (TPSA) is 104 Å². The number of carbonyl (C=O) groups is 2. The van der Waals surface area contributed by atoms with Crippen LogP contribution in [-0.4, -0.2) is 59.9 Å². The molecule has 7 nitrogen and oxygen atoms in total. The second-order valence-corrected chi connectivity index (χ2v) is 15.1. The van der Waals surface area contributed by atoms with Crippen LogP contribution in [0.5, 0.6) is 0 Å². The van der Waals surface area contributed by atoms with Crippen molar-refractivity contribution >= 4 is 21.7 Å². The molecular weight excluding hydrogens is 536 g/mol. The molecule has 0 saturated heterocycles. The zero-order valence-electron chi connectivity index (χ0n) is 25.0. The molecule has 1 unspecified atom stereocenters. The Labute approximate surface area is 245 Å². The number of rotatable bonds is 13. The third-order valence-electron chi connectivity index (χ3n) is 8.78. The first kappa shape index (κ1) is 31.2. The molecule has 0 radical (unpaired) electrons. The minimum Gasteiger partial charge on any atom is -0.480 e. The Morgan fingerprint density at radius 1 is 1.02 bits per heavy atom. The average molecular weight is 583 g/mol. The molecule has 224 valence electrons. The molecule has 2 aromatic rings. The Morgan fingerprint density at radius 2 is 1.71 bits per heavy atom. The normalized spacial score (nSPS) is 17.4. The predicted octanol–water partition coefficient (Wildman–Crippen LogP) is 5.99. The van der Waals surface area contributed by atoms with E-state index in [0.29, 0.717) is 11.6 Å². The van der Waals surface area contributed by atoms with E-state index in [1.54, 1.807) is 6.07 Å². The highest BCUT2D eigenvalue weighted by Gasteiger charge is 2.39. The zero-order chi connectivity index (χ0) is 29.8. The minimum absolute atomic E-state index is 0.0658. The van der Waals surface area contributed by atoms with Gasteiger partial charge in [-0.05, 0) is 86.8 Å². The van der Waals surface area contributed by atoms with Gasteiger partial charge in [-0.2, -0.15) is 0 Å². The molecule has 1 amide bonds. The molecule has 2 N–H and O–H groups in total. The van der Waals surface area contributed by atoms with Gasteiger partial charge in [0.1, 0.15) is 15.9 Å². The van der Waals surface area contributed by atoms with Gasteiger partial charge in [0.15, 0.2) is 0 Å². The molecule has 2 saturated carbocycles. The van der Waals surface area contributed by atoms with Crippen LogP contribution in [0.1, 0.15) is 93.1 Å². The molecule has 0 bridgehead atoms. The van der Waals surface area contributed by atoms with Crippen molar-refractivity contribution in [1.29, 1.82) is 0 Å². The molecule has 0 aliphatic heterocycles. The van der Waals surface area contributed by atoms with Crippen LogP contribution in [0.2, 0.25) is 0 Å². The first-order chi connectivity index (χ1) is 19.3. The average Bonchev–Trinajstić information content (AvgIpc) is 3.74. The van der Waals surface area contributed by atoms with E-state index in [9.17, 15) is 23.1 Å². The predicted molar refractivity (Wildman–Crippen MR) is 164 cm³/mol. The molecule has 0 heterocycles. The van der Waals surface area contributed by atoms with Gasteiger partial charge >= 0.3 is 5.97 Å². The van der Waals surface area contributed by atoms with E-state index in [0.717, 1.165) is 41.0 Å². The highest BCUT2D eigenvalue weighted by atomic mass is 32.2. The third kappa shape index (κ3) is 8.65. The van der Waals surface area contributed by atoms with Crippen molar-refractivity contribution in [2.75, 3.05) is 12.0 Å². The molecular formula is C33H46N2O5S. The Hall–Kier alpha value is -2.71. The van der Waals surface area contributed by atoms with Crippen LogP contribution in [-0.2, 0) is 21.2 Å². The molecule has 2 aliphatic carbocycles. The van der Waals surface area contributed by atoms with Crippen LogP contribution >= 0.6 is 0 Å². The van der Waals surface area contributed by atoms with E-state index in [4.69, 9.17) is 0 Å². The lowest BCUT2D eigenvalue weighted by Crippen LogP contribution is -2.46. The fourth-order valence-corrected chi connectivity index (χ4v) is 7.11. The van der Waals surface area contributed by atoms with Gasteiger partial charge < -0.3 is 10.4 Å². The van der Waals surface area contributed by atoms with Gasteiger partial charge in [-0.25, -0.2) is 13.2 Å². The number of nitrogens with one attached hydrogen (secondary N) is 1. The summed E-state index contributed by atoms with van der Waals surface area (Å²) in [6, 6.07) is 13.0. The van der Waals surface area contributed by atoms with Crippen LogP contribution < -0.4 is 5.32 Å². The molecule has 2 aliphatic rings. The van der Waals surface area contributed by atoms with Crippen LogP contribution in [0.15, 0.2) is 42.5 Å². The van der Waals surface area contributed by atoms with Crippen LogP contribution in [0.3, 0.4) is 0 Å². The second-order valence-electron chi connectivity index (χ2n) is 12.9. The van der Waals surface area contributed by atoms with Gasteiger partial charge in [-0.15, -0.1) is 0 Å². The quantitative estimate of drug-likeness (QED) is 0.301. The first-order valence-corrected chi connectivity index (χ1v) is 17.1.